The van der Waals surface area contributed by atoms with Crippen molar-refractivity contribution in [3.05, 3.63) is 64.7 Å². The van der Waals surface area contributed by atoms with Gasteiger partial charge in [-0.3, -0.25) is 19.2 Å². The van der Waals surface area contributed by atoms with Crippen molar-refractivity contribution in [2.45, 2.75) is 38.5 Å². The van der Waals surface area contributed by atoms with Gasteiger partial charge in [-0.2, -0.15) is 0 Å². The quantitative estimate of drug-likeness (QED) is 0.291. The molecule has 2 amide bonds. The smallest absolute Gasteiger partial charge is 0.255 e. The van der Waals surface area contributed by atoms with Crippen LogP contribution in [0, 0.1) is 0 Å². The van der Waals surface area contributed by atoms with Gasteiger partial charge in [0, 0.05) is 49.3 Å². The number of hydrogen-bond donors (Lipinski definition) is 0. The Morgan fingerprint density at radius 2 is 1.70 bits per heavy atom. The third-order valence-corrected chi connectivity index (χ3v) is 7.15. The van der Waals surface area contributed by atoms with E-state index in [1.807, 2.05) is 40.2 Å². The Labute approximate surface area is 231 Å². The molecule has 0 aromatic heterocycles. The summed E-state index contributed by atoms with van der Waals surface area (Å²) in [6.07, 6.45) is 0.613. The molecule has 9 heteroatoms. The Bertz CT molecular complexity index is 1170. The molecule has 0 radical (unpaired) electrons. The molecule has 2 fully saturated rings. The number of amides is 2. The van der Waals surface area contributed by atoms with E-state index < -0.39 is 6.04 Å². The van der Waals surface area contributed by atoms with Gasteiger partial charge in [0.25, 0.3) is 11.8 Å². The number of halogens is 1. The molecule has 5 rings (SSSR count). The fourth-order valence-electron chi connectivity index (χ4n) is 5.00. The van der Waals surface area contributed by atoms with Gasteiger partial charge in [0.1, 0.15) is 18.1 Å². The Hall–Kier alpha value is -2.79. The molecule has 0 spiro atoms. The summed E-state index contributed by atoms with van der Waals surface area (Å²) in [5, 5.41) is 0. The summed E-state index contributed by atoms with van der Waals surface area (Å²) in [5.41, 5.74) is 2.89. The molecule has 1 saturated heterocycles. The van der Waals surface area contributed by atoms with Gasteiger partial charge in [0.2, 0.25) is 0 Å². The first-order valence-electron chi connectivity index (χ1n) is 12.5. The molecule has 1 saturated carbocycles. The third-order valence-electron chi connectivity index (χ3n) is 7.15. The zero-order valence-corrected chi connectivity index (χ0v) is 23.4. The molecule has 37 heavy (non-hydrogen) atoms. The van der Waals surface area contributed by atoms with Crippen molar-refractivity contribution < 1.29 is 23.9 Å². The predicted molar refractivity (Wildman–Crippen MR) is 148 cm³/mol. The highest BCUT2D eigenvalue weighted by Gasteiger charge is 2.40. The van der Waals surface area contributed by atoms with E-state index in [0.29, 0.717) is 42.9 Å². The molecular formula is C28H32IN3O5. The number of piperazine rings is 1. The van der Waals surface area contributed by atoms with Crippen LogP contribution in [0.1, 0.15) is 51.1 Å². The second-order valence-corrected chi connectivity index (χ2v) is 9.53. The van der Waals surface area contributed by atoms with Gasteiger partial charge in [-0.15, -0.1) is 0 Å². The van der Waals surface area contributed by atoms with Crippen LogP contribution in [0.5, 0.6) is 5.75 Å². The number of ketones is 2. The highest BCUT2D eigenvalue weighted by molar-refractivity contribution is 14.1. The van der Waals surface area contributed by atoms with E-state index in [4.69, 9.17) is 4.74 Å². The summed E-state index contributed by atoms with van der Waals surface area (Å²) >= 11 is 2.15. The standard InChI is InChI=1S/C27H29N3O5.CH3I/c1-28-11-13-29(14-12-28)26(33)19-7-5-18(6-8-19)17-35-25-4-2-3-21-22(25)16-30(27(21)34)23-10-9-20(31)15-24(23)32;1-2/h2-8,23H,9-17H2,1H3;1H3. The molecule has 1 atom stereocenters. The number of hydrogen-bond acceptors (Lipinski definition) is 6. The lowest BCUT2D eigenvalue weighted by Gasteiger charge is -2.32. The van der Waals surface area contributed by atoms with E-state index in [1.54, 1.807) is 17.0 Å². The Morgan fingerprint density at radius 3 is 2.38 bits per heavy atom. The second kappa shape index (κ2) is 12.2. The van der Waals surface area contributed by atoms with E-state index >= 15 is 0 Å². The van der Waals surface area contributed by atoms with Crippen LogP contribution in [-0.4, -0.2) is 82.3 Å². The van der Waals surface area contributed by atoms with Gasteiger partial charge >= 0.3 is 0 Å². The lowest BCUT2D eigenvalue weighted by Crippen LogP contribution is -2.47. The third kappa shape index (κ3) is 6.04. The lowest BCUT2D eigenvalue weighted by atomic mass is 9.92. The maximum atomic E-state index is 13.0. The molecule has 3 aliphatic rings. The summed E-state index contributed by atoms with van der Waals surface area (Å²) in [7, 11) is 2.06. The number of rotatable bonds is 5. The van der Waals surface area contributed by atoms with Crippen molar-refractivity contribution in [1.29, 1.82) is 0 Å². The summed E-state index contributed by atoms with van der Waals surface area (Å²) in [4.78, 5) is 57.4. The fraction of sp³-hybridized carbons (Fsp3) is 0.429. The predicted octanol–water partition coefficient (Wildman–Crippen LogP) is 3.35. The minimum atomic E-state index is -0.550. The zero-order valence-electron chi connectivity index (χ0n) is 21.2. The SMILES string of the molecule is CI.CN1CCN(C(=O)c2ccc(COc3cccc4c3CN(C3CCC(=O)CC3=O)C4=O)cc2)CC1. The molecule has 1 aliphatic carbocycles. The van der Waals surface area contributed by atoms with Gasteiger partial charge < -0.3 is 19.4 Å². The van der Waals surface area contributed by atoms with Crippen LogP contribution in [0.4, 0.5) is 0 Å². The normalized spacial score (nSPS) is 19.9. The van der Waals surface area contributed by atoms with E-state index in [-0.39, 0.29) is 29.8 Å². The number of benzene rings is 2. The zero-order chi connectivity index (χ0) is 26.5. The van der Waals surface area contributed by atoms with Crippen LogP contribution in [0.3, 0.4) is 0 Å². The number of nitrogens with zero attached hydrogens (tertiary/aromatic N) is 3. The van der Waals surface area contributed by atoms with Crippen molar-refractivity contribution >= 4 is 46.0 Å². The number of carbonyl (C=O) groups excluding carboxylic acids is 4. The molecule has 0 N–H and O–H groups in total. The van der Waals surface area contributed by atoms with E-state index in [9.17, 15) is 19.2 Å². The molecule has 0 bridgehead atoms. The number of likely N-dealkylation sites (N-methyl/N-ethyl adjacent to an activating group) is 1. The lowest BCUT2D eigenvalue weighted by molar-refractivity contribution is -0.133. The fourth-order valence-corrected chi connectivity index (χ4v) is 5.00. The Morgan fingerprint density at radius 1 is 1.00 bits per heavy atom. The van der Waals surface area contributed by atoms with Gasteiger partial charge in [-0.05, 0) is 48.2 Å². The van der Waals surface area contributed by atoms with Gasteiger partial charge in [0.15, 0.2) is 5.78 Å². The van der Waals surface area contributed by atoms with Gasteiger partial charge in [-0.25, -0.2) is 0 Å². The second-order valence-electron chi connectivity index (χ2n) is 9.53. The van der Waals surface area contributed by atoms with Crippen LogP contribution < -0.4 is 4.74 Å². The van der Waals surface area contributed by atoms with Crippen molar-refractivity contribution in [3.8, 4) is 5.75 Å². The molecule has 2 aromatic rings. The maximum Gasteiger partial charge on any atom is 0.255 e. The molecule has 2 aliphatic heterocycles. The molecule has 1 unspecified atom stereocenters. The molecular weight excluding hydrogens is 585 g/mol. The maximum absolute atomic E-state index is 13.0. The number of fused-ring (bicyclic) bond motifs is 1. The van der Waals surface area contributed by atoms with E-state index in [1.165, 1.54) is 0 Å². The van der Waals surface area contributed by atoms with Crippen molar-refractivity contribution in [2.75, 3.05) is 38.2 Å². The molecule has 8 nitrogen and oxygen atoms in total. The first kappa shape index (κ1) is 27.3. The Kier molecular flexibility index (Phi) is 8.96. The van der Waals surface area contributed by atoms with Crippen LogP contribution in [0.25, 0.3) is 0 Å². The summed E-state index contributed by atoms with van der Waals surface area (Å²) in [6, 6.07) is 12.2. The largest absolute Gasteiger partial charge is 0.489 e. The number of ether oxygens (including phenoxy) is 1. The first-order chi connectivity index (χ1) is 17.9. The number of carbonyl (C=O) groups is 4. The van der Waals surface area contributed by atoms with E-state index in [0.717, 1.165) is 37.3 Å². The van der Waals surface area contributed by atoms with Gasteiger partial charge in [0.05, 0.1) is 19.0 Å². The first-order valence-corrected chi connectivity index (χ1v) is 14.6. The minimum Gasteiger partial charge on any atom is -0.489 e. The van der Waals surface area contributed by atoms with Crippen LogP contribution in [-0.2, 0) is 22.7 Å². The highest BCUT2D eigenvalue weighted by atomic mass is 127. The van der Waals surface area contributed by atoms with E-state index in [2.05, 4.69) is 34.5 Å². The monoisotopic (exact) mass is 617 g/mol. The van der Waals surface area contributed by atoms with Crippen molar-refractivity contribution in [2.24, 2.45) is 0 Å². The van der Waals surface area contributed by atoms with Crippen LogP contribution in [0.15, 0.2) is 42.5 Å². The highest BCUT2D eigenvalue weighted by Crippen LogP contribution is 2.34. The van der Waals surface area contributed by atoms with Crippen molar-refractivity contribution in [1.82, 2.24) is 14.7 Å². The molecule has 2 aromatic carbocycles. The summed E-state index contributed by atoms with van der Waals surface area (Å²) in [6.45, 7) is 3.82. The topological polar surface area (TPSA) is 87.2 Å². The summed E-state index contributed by atoms with van der Waals surface area (Å²) < 4.78 is 6.07. The van der Waals surface area contributed by atoms with Crippen LogP contribution in [0.2, 0.25) is 0 Å². The Balaban J connectivity index is 0.00000156. The van der Waals surface area contributed by atoms with Crippen LogP contribution >= 0.6 is 22.6 Å². The van der Waals surface area contributed by atoms with Gasteiger partial charge in [-0.1, -0.05) is 40.8 Å². The minimum absolute atomic E-state index is 0.0454. The number of Topliss-reactive ketones (excluding diaryl/α,β-unsaturated/α-hetero) is 2. The average Bonchev–Trinajstić information content (AvgIpc) is 3.25. The summed E-state index contributed by atoms with van der Waals surface area (Å²) in [5.74, 6) is 0.218. The molecule has 2 heterocycles. The van der Waals surface area contributed by atoms with Crippen molar-refractivity contribution in [3.63, 3.8) is 0 Å². The average molecular weight is 617 g/mol. The number of alkyl halides is 1. The molecule has 196 valence electrons.